The van der Waals surface area contributed by atoms with Crippen LogP contribution in [-0.4, -0.2) is 58.0 Å². The van der Waals surface area contributed by atoms with Crippen molar-refractivity contribution in [3.63, 3.8) is 0 Å². The minimum absolute atomic E-state index is 0.0224. The molecule has 0 N–H and O–H groups in total. The molecule has 5 nitrogen and oxygen atoms in total. The number of hydrogen-bond acceptors (Lipinski definition) is 5. The van der Waals surface area contributed by atoms with Crippen molar-refractivity contribution in [2.75, 3.05) is 41.0 Å². The maximum Gasteiger partial charge on any atom is 0.401 e. The largest absolute Gasteiger partial charge is 0.496 e. The number of likely N-dealkylation sites (N-methyl/N-ethyl adjacent to an activating group) is 1. The molecule has 1 aromatic rings. The molecule has 1 aromatic carbocycles. The summed E-state index contributed by atoms with van der Waals surface area (Å²) >= 11 is 0. The maximum absolute atomic E-state index is 12.2. The first kappa shape index (κ1) is 19.1. The Morgan fingerprint density at radius 1 is 1.17 bits per heavy atom. The van der Waals surface area contributed by atoms with Crippen molar-refractivity contribution < 1.29 is 32.2 Å². The van der Waals surface area contributed by atoms with Crippen LogP contribution >= 0.6 is 0 Å². The second kappa shape index (κ2) is 8.05. The SMILES string of the molecule is COc1cc(C(=O)OCCN(C)CC(F)(F)F)cc(OC)c1C. The van der Waals surface area contributed by atoms with Gasteiger partial charge in [-0.3, -0.25) is 4.90 Å². The van der Waals surface area contributed by atoms with Crippen molar-refractivity contribution in [1.82, 2.24) is 4.90 Å². The van der Waals surface area contributed by atoms with E-state index in [1.54, 1.807) is 6.92 Å². The van der Waals surface area contributed by atoms with E-state index < -0.39 is 18.7 Å². The number of nitrogens with zero attached hydrogens (tertiary/aromatic N) is 1. The van der Waals surface area contributed by atoms with Crippen LogP contribution in [0.25, 0.3) is 0 Å². The Morgan fingerprint density at radius 3 is 2.13 bits per heavy atom. The number of benzene rings is 1. The fourth-order valence-electron chi connectivity index (χ4n) is 1.97. The van der Waals surface area contributed by atoms with Crippen molar-refractivity contribution >= 4 is 5.97 Å². The monoisotopic (exact) mass is 335 g/mol. The van der Waals surface area contributed by atoms with Gasteiger partial charge in [0.15, 0.2) is 0 Å². The van der Waals surface area contributed by atoms with Gasteiger partial charge in [0.2, 0.25) is 0 Å². The Kier molecular flexibility index (Phi) is 6.68. The van der Waals surface area contributed by atoms with Gasteiger partial charge in [-0.05, 0) is 26.1 Å². The summed E-state index contributed by atoms with van der Waals surface area (Å²) in [6.07, 6.45) is -4.28. The van der Waals surface area contributed by atoms with E-state index in [2.05, 4.69) is 0 Å². The van der Waals surface area contributed by atoms with E-state index in [0.29, 0.717) is 11.5 Å². The van der Waals surface area contributed by atoms with Crippen LogP contribution in [0.5, 0.6) is 11.5 Å². The number of ether oxygens (including phenoxy) is 3. The minimum atomic E-state index is -4.28. The smallest absolute Gasteiger partial charge is 0.401 e. The molecular weight excluding hydrogens is 315 g/mol. The topological polar surface area (TPSA) is 48.0 Å². The van der Waals surface area contributed by atoms with Gasteiger partial charge in [-0.15, -0.1) is 0 Å². The number of carbonyl (C=O) groups excluding carboxylic acids is 1. The lowest BCUT2D eigenvalue weighted by Crippen LogP contribution is -2.33. The fourth-order valence-corrected chi connectivity index (χ4v) is 1.97. The Labute approximate surface area is 132 Å². The molecule has 0 aromatic heterocycles. The Morgan fingerprint density at radius 2 is 1.70 bits per heavy atom. The van der Waals surface area contributed by atoms with Crippen LogP contribution in [0.2, 0.25) is 0 Å². The second-order valence-electron chi connectivity index (χ2n) is 4.99. The molecule has 0 saturated carbocycles. The number of carbonyl (C=O) groups is 1. The lowest BCUT2D eigenvalue weighted by molar-refractivity contribution is -0.143. The van der Waals surface area contributed by atoms with Crippen LogP contribution in [0.4, 0.5) is 13.2 Å². The standard InChI is InChI=1S/C15H20F3NO4/c1-10-12(21-3)7-11(8-13(10)22-4)14(20)23-6-5-19(2)9-15(16,17)18/h7-8H,5-6,9H2,1-4H3. The van der Waals surface area contributed by atoms with Crippen LogP contribution in [-0.2, 0) is 4.74 Å². The zero-order valence-electron chi connectivity index (χ0n) is 13.5. The molecule has 0 saturated heterocycles. The molecule has 0 bridgehead atoms. The number of halogens is 3. The van der Waals surface area contributed by atoms with Crippen molar-refractivity contribution in [2.24, 2.45) is 0 Å². The Balaban J connectivity index is 2.65. The molecule has 1 rings (SSSR count). The van der Waals surface area contributed by atoms with Crippen molar-refractivity contribution in [3.8, 4) is 11.5 Å². The second-order valence-corrected chi connectivity index (χ2v) is 4.99. The van der Waals surface area contributed by atoms with Gasteiger partial charge in [0.25, 0.3) is 0 Å². The highest BCUT2D eigenvalue weighted by atomic mass is 19.4. The van der Waals surface area contributed by atoms with E-state index in [0.717, 1.165) is 10.5 Å². The number of alkyl halides is 3. The van der Waals surface area contributed by atoms with E-state index in [9.17, 15) is 18.0 Å². The third kappa shape index (κ3) is 5.97. The molecule has 0 heterocycles. The van der Waals surface area contributed by atoms with Crippen LogP contribution < -0.4 is 9.47 Å². The van der Waals surface area contributed by atoms with Crippen LogP contribution in [0.15, 0.2) is 12.1 Å². The number of hydrogen-bond donors (Lipinski definition) is 0. The van der Waals surface area contributed by atoms with E-state index in [1.807, 2.05) is 0 Å². The van der Waals surface area contributed by atoms with Gasteiger partial charge in [-0.1, -0.05) is 0 Å². The van der Waals surface area contributed by atoms with Crippen molar-refractivity contribution in [2.45, 2.75) is 13.1 Å². The van der Waals surface area contributed by atoms with Gasteiger partial charge in [0, 0.05) is 12.1 Å². The summed E-state index contributed by atoms with van der Waals surface area (Å²) in [5, 5.41) is 0. The molecule has 0 aliphatic carbocycles. The molecule has 130 valence electrons. The molecule has 0 aliphatic heterocycles. The molecule has 0 amide bonds. The lowest BCUT2D eigenvalue weighted by atomic mass is 10.1. The van der Waals surface area contributed by atoms with E-state index in [1.165, 1.54) is 33.4 Å². The first-order valence-electron chi connectivity index (χ1n) is 6.83. The van der Waals surface area contributed by atoms with Crippen molar-refractivity contribution in [3.05, 3.63) is 23.3 Å². The van der Waals surface area contributed by atoms with Crippen LogP contribution in [0, 0.1) is 6.92 Å². The highest BCUT2D eigenvalue weighted by molar-refractivity contribution is 5.90. The molecular formula is C15H20F3NO4. The highest BCUT2D eigenvalue weighted by Gasteiger charge is 2.29. The predicted molar refractivity (Wildman–Crippen MR) is 78.1 cm³/mol. The Bertz CT molecular complexity index is 521. The van der Waals surface area contributed by atoms with Gasteiger partial charge >= 0.3 is 12.1 Å². The summed E-state index contributed by atoms with van der Waals surface area (Å²) < 4.78 is 51.9. The lowest BCUT2D eigenvalue weighted by Gasteiger charge is -2.18. The molecule has 8 heteroatoms. The summed E-state index contributed by atoms with van der Waals surface area (Å²) in [4.78, 5) is 13.0. The summed E-state index contributed by atoms with van der Waals surface area (Å²) in [6, 6.07) is 3.00. The average Bonchev–Trinajstić information content (AvgIpc) is 2.45. The van der Waals surface area contributed by atoms with Gasteiger partial charge in [-0.2, -0.15) is 13.2 Å². The maximum atomic E-state index is 12.2. The number of methoxy groups -OCH3 is 2. The summed E-state index contributed by atoms with van der Waals surface area (Å²) in [6.45, 7) is 0.547. The third-order valence-corrected chi connectivity index (χ3v) is 3.14. The normalized spacial score (nSPS) is 11.5. The van der Waals surface area contributed by atoms with Gasteiger partial charge in [0.1, 0.15) is 18.1 Å². The van der Waals surface area contributed by atoms with E-state index in [-0.39, 0.29) is 18.7 Å². The predicted octanol–water partition coefficient (Wildman–Crippen LogP) is 2.66. The first-order chi connectivity index (χ1) is 10.7. The quantitative estimate of drug-likeness (QED) is 0.717. The van der Waals surface area contributed by atoms with E-state index in [4.69, 9.17) is 14.2 Å². The molecule has 0 aliphatic rings. The van der Waals surface area contributed by atoms with Crippen LogP contribution in [0.1, 0.15) is 15.9 Å². The Hall–Kier alpha value is -1.96. The van der Waals surface area contributed by atoms with Gasteiger partial charge < -0.3 is 14.2 Å². The molecule has 0 radical (unpaired) electrons. The summed E-state index contributed by atoms with van der Waals surface area (Å²) in [5.74, 6) is 0.276. The molecule has 0 unspecified atom stereocenters. The number of rotatable bonds is 7. The minimum Gasteiger partial charge on any atom is -0.496 e. The highest BCUT2D eigenvalue weighted by Crippen LogP contribution is 2.29. The van der Waals surface area contributed by atoms with Gasteiger partial charge in [-0.25, -0.2) is 4.79 Å². The number of esters is 1. The van der Waals surface area contributed by atoms with Crippen LogP contribution in [0.3, 0.4) is 0 Å². The molecule has 0 spiro atoms. The van der Waals surface area contributed by atoms with Gasteiger partial charge in [0.05, 0.1) is 26.3 Å². The summed E-state index contributed by atoms with van der Waals surface area (Å²) in [7, 11) is 4.23. The molecule has 0 atom stereocenters. The first-order valence-corrected chi connectivity index (χ1v) is 6.83. The fraction of sp³-hybridized carbons (Fsp3) is 0.533. The molecule has 0 fully saturated rings. The zero-order chi connectivity index (χ0) is 17.6. The van der Waals surface area contributed by atoms with E-state index >= 15 is 0 Å². The third-order valence-electron chi connectivity index (χ3n) is 3.14. The molecule has 23 heavy (non-hydrogen) atoms. The summed E-state index contributed by atoms with van der Waals surface area (Å²) in [5.41, 5.74) is 0.944. The average molecular weight is 335 g/mol. The van der Waals surface area contributed by atoms with Crippen molar-refractivity contribution in [1.29, 1.82) is 0 Å². The zero-order valence-corrected chi connectivity index (χ0v) is 13.5.